The number of aromatic nitrogens is 1. The van der Waals surface area contributed by atoms with E-state index in [2.05, 4.69) is 29.4 Å². The van der Waals surface area contributed by atoms with Gasteiger partial charge in [0.1, 0.15) is 5.75 Å². The third-order valence-electron chi connectivity index (χ3n) is 3.90. The molecular weight excluding hydrogens is 376 g/mol. The van der Waals surface area contributed by atoms with Crippen LogP contribution in [0.5, 0.6) is 5.75 Å². The Labute approximate surface area is 168 Å². The second-order valence-electron chi connectivity index (χ2n) is 6.06. The largest absolute Gasteiger partial charge is 0.494 e. The van der Waals surface area contributed by atoms with E-state index in [-0.39, 0.29) is 11.2 Å². The summed E-state index contributed by atoms with van der Waals surface area (Å²) < 4.78 is 5.46. The first-order valence-electron chi connectivity index (χ1n) is 8.78. The molecule has 1 atom stereocenters. The fourth-order valence-corrected chi connectivity index (χ4v) is 4.02. The molecule has 3 aromatic rings. The van der Waals surface area contributed by atoms with Crippen LogP contribution in [-0.2, 0) is 4.79 Å². The van der Waals surface area contributed by atoms with Gasteiger partial charge in [0.25, 0.3) is 0 Å². The van der Waals surface area contributed by atoms with Crippen molar-refractivity contribution in [3.63, 3.8) is 0 Å². The molecule has 1 unspecified atom stereocenters. The van der Waals surface area contributed by atoms with Gasteiger partial charge in [-0.05, 0) is 57.2 Å². The van der Waals surface area contributed by atoms with Gasteiger partial charge in [0, 0.05) is 15.8 Å². The molecule has 0 fully saturated rings. The minimum absolute atomic E-state index is 0.0480. The number of benzene rings is 2. The summed E-state index contributed by atoms with van der Waals surface area (Å²) in [6.07, 6.45) is 0. The Bertz CT molecular complexity index is 889. The molecule has 0 aliphatic rings. The molecule has 1 aromatic heterocycles. The van der Waals surface area contributed by atoms with Gasteiger partial charge in [0.2, 0.25) is 5.91 Å². The van der Waals surface area contributed by atoms with Crippen LogP contribution in [0.4, 0.5) is 5.13 Å². The lowest BCUT2D eigenvalue weighted by molar-refractivity contribution is -0.115. The van der Waals surface area contributed by atoms with Crippen molar-refractivity contribution in [2.24, 2.45) is 0 Å². The highest BCUT2D eigenvalue weighted by atomic mass is 32.2. The number of hydrogen-bond donors (Lipinski definition) is 1. The van der Waals surface area contributed by atoms with Crippen molar-refractivity contribution in [3.05, 3.63) is 59.5 Å². The summed E-state index contributed by atoms with van der Waals surface area (Å²) in [6, 6.07) is 16.0. The third-order valence-corrected chi connectivity index (χ3v) is 5.77. The van der Waals surface area contributed by atoms with E-state index in [0.717, 1.165) is 21.9 Å². The van der Waals surface area contributed by atoms with Crippen LogP contribution >= 0.6 is 23.1 Å². The van der Waals surface area contributed by atoms with Gasteiger partial charge in [-0.15, -0.1) is 23.1 Å². The van der Waals surface area contributed by atoms with Gasteiger partial charge >= 0.3 is 0 Å². The summed E-state index contributed by atoms with van der Waals surface area (Å²) in [5.41, 5.74) is 3.05. The summed E-state index contributed by atoms with van der Waals surface area (Å²) in [7, 11) is 0. The topological polar surface area (TPSA) is 51.2 Å². The summed E-state index contributed by atoms with van der Waals surface area (Å²) in [6.45, 7) is 6.56. The zero-order chi connectivity index (χ0) is 19.2. The number of nitrogens with zero attached hydrogens (tertiary/aromatic N) is 1. The summed E-state index contributed by atoms with van der Waals surface area (Å²) in [4.78, 5) is 18.1. The fraction of sp³-hybridized carbons (Fsp3) is 0.238. The van der Waals surface area contributed by atoms with Crippen molar-refractivity contribution < 1.29 is 9.53 Å². The zero-order valence-corrected chi connectivity index (χ0v) is 17.2. The third kappa shape index (κ3) is 5.34. The lowest BCUT2D eigenvalue weighted by Crippen LogP contribution is -2.22. The van der Waals surface area contributed by atoms with Crippen LogP contribution in [0.1, 0.15) is 19.4 Å². The number of amides is 1. The molecule has 0 aliphatic carbocycles. The maximum atomic E-state index is 12.5. The average Bonchev–Trinajstić information content (AvgIpc) is 3.13. The van der Waals surface area contributed by atoms with Gasteiger partial charge in [-0.1, -0.05) is 17.7 Å². The maximum Gasteiger partial charge on any atom is 0.239 e. The van der Waals surface area contributed by atoms with Crippen LogP contribution in [0, 0.1) is 6.92 Å². The van der Waals surface area contributed by atoms with E-state index in [1.54, 1.807) is 0 Å². The van der Waals surface area contributed by atoms with Crippen molar-refractivity contribution in [2.75, 3.05) is 11.9 Å². The molecule has 0 bridgehead atoms. The molecule has 4 nitrogen and oxygen atoms in total. The van der Waals surface area contributed by atoms with Crippen LogP contribution in [0.15, 0.2) is 58.8 Å². The van der Waals surface area contributed by atoms with E-state index in [1.165, 1.54) is 28.7 Å². The summed E-state index contributed by atoms with van der Waals surface area (Å²) in [5.74, 6) is 0.792. The molecule has 27 heavy (non-hydrogen) atoms. The van der Waals surface area contributed by atoms with Crippen LogP contribution in [0.2, 0.25) is 0 Å². The molecule has 0 saturated carbocycles. The van der Waals surface area contributed by atoms with Crippen LogP contribution in [-0.4, -0.2) is 22.7 Å². The molecule has 1 heterocycles. The molecule has 0 aliphatic heterocycles. The first-order chi connectivity index (χ1) is 13.0. The van der Waals surface area contributed by atoms with Gasteiger partial charge in [-0.25, -0.2) is 4.98 Å². The summed E-state index contributed by atoms with van der Waals surface area (Å²) in [5, 5.41) is 5.27. The van der Waals surface area contributed by atoms with Crippen molar-refractivity contribution in [3.8, 4) is 17.0 Å². The Kier molecular flexibility index (Phi) is 6.53. The van der Waals surface area contributed by atoms with Gasteiger partial charge in [-0.2, -0.15) is 0 Å². The van der Waals surface area contributed by atoms with E-state index in [4.69, 9.17) is 4.74 Å². The first-order valence-corrected chi connectivity index (χ1v) is 10.5. The standard InChI is InChI=1S/C21H22N2O2S2/c1-4-25-17-9-7-16(8-10-17)19-13-26-21(22-19)23-20(24)15(3)27-18-11-5-14(2)6-12-18/h5-13,15H,4H2,1-3H3,(H,22,23,24). The quantitative estimate of drug-likeness (QED) is 0.524. The highest BCUT2D eigenvalue weighted by Gasteiger charge is 2.16. The predicted molar refractivity (Wildman–Crippen MR) is 114 cm³/mol. The molecule has 140 valence electrons. The number of carbonyl (C=O) groups excluding carboxylic acids is 1. The molecule has 0 saturated heterocycles. The first kappa shape index (κ1) is 19.5. The number of aryl methyl sites for hydroxylation is 1. The number of rotatable bonds is 7. The van der Waals surface area contributed by atoms with Crippen molar-refractivity contribution in [2.45, 2.75) is 30.9 Å². The smallest absolute Gasteiger partial charge is 0.239 e. The number of nitrogens with one attached hydrogen (secondary N) is 1. The van der Waals surface area contributed by atoms with E-state index < -0.39 is 0 Å². The number of anilines is 1. The van der Waals surface area contributed by atoms with E-state index in [0.29, 0.717) is 11.7 Å². The molecule has 3 rings (SSSR count). The lowest BCUT2D eigenvalue weighted by atomic mass is 10.2. The van der Waals surface area contributed by atoms with Crippen molar-refractivity contribution in [1.29, 1.82) is 0 Å². The van der Waals surface area contributed by atoms with Gasteiger partial charge in [0.05, 0.1) is 17.6 Å². The Morgan fingerprint density at radius 1 is 1.19 bits per heavy atom. The van der Waals surface area contributed by atoms with Crippen LogP contribution in [0.25, 0.3) is 11.3 Å². The number of ether oxygens (including phenoxy) is 1. The van der Waals surface area contributed by atoms with E-state index >= 15 is 0 Å². The van der Waals surface area contributed by atoms with Crippen LogP contribution in [0.3, 0.4) is 0 Å². The average molecular weight is 399 g/mol. The second kappa shape index (κ2) is 9.06. The fourth-order valence-electron chi connectivity index (χ4n) is 2.43. The van der Waals surface area contributed by atoms with Gasteiger partial charge in [0.15, 0.2) is 5.13 Å². The Morgan fingerprint density at radius 3 is 2.56 bits per heavy atom. The van der Waals surface area contributed by atoms with Crippen molar-refractivity contribution in [1.82, 2.24) is 4.98 Å². The number of carbonyl (C=O) groups is 1. The van der Waals surface area contributed by atoms with Gasteiger partial charge in [-0.3, -0.25) is 4.79 Å². The summed E-state index contributed by atoms with van der Waals surface area (Å²) >= 11 is 2.97. The monoisotopic (exact) mass is 398 g/mol. The Morgan fingerprint density at radius 2 is 1.89 bits per heavy atom. The molecule has 0 spiro atoms. The van der Waals surface area contributed by atoms with Crippen molar-refractivity contribution >= 4 is 34.1 Å². The second-order valence-corrected chi connectivity index (χ2v) is 8.33. The highest BCUT2D eigenvalue weighted by Crippen LogP contribution is 2.28. The van der Waals surface area contributed by atoms with E-state index in [1.807, 2.05) is 55.6 Å². The number of thioether (sulfide) groups is 1. The van der Waals surface area contributed by atoms with Gasteiger partial charge < -0.3 is 10.1 Å². The maximum absolute atomic E-state index is 12.5. The molecule has 2 aromatic carbocycles. The SMILES string of the molecule is CCOc1ccc(-c2csc(NC(=O)C(C)Sc3ccc(C)cc3)n2)cc1. The molecular formula is C21H22N2O2S2. The number of thiazole rings is 1. The lowest BCUT2D eigenvalue weighted by Gasteiger charge is -2.10. The van der Waals surface area contributed by atoms with Crippen LogP contribution < -0.4 is 10.1 Å². The molecule has 0 radical (unpaired) electrons. The Hall–Kier alpha value is -2.31. The Balaban J connectivity index is 1.60. The minimum Gasteiger partial charge on any atom is -0.494 e. The minimum atomic E-state index is -0.203. The number of hydrogen-bond acceptors (Lipinski definition) is 5. The molecule has 1 amide bonds. The predicted octanol–water partition coefficient (Wildman–Crippen LogP) is 5.64. The molecule has 1 N–H and O–H groups in total. The molecule has 6 heteroatoms. The normalized spacial score (nSPS) is 11.8. The highest BCUT2D eigenvalue weighted by molar-refractivity contribution is 8.00. The van der Waals surface area contributed by atoms with E-state index in [9.17, 15) is 4.79 Å². The zero-order valence-electron chi connectivity index (χ0n) is 15.6.